The summed E-state index contributed by atoms with van der Waals surface area (Å²) in [4.78, 5) is 15.2. The zero-order chi connectivity index (χ0) is 28.3. The minimum atomic E-state index is -0.255. The molecule has 9 rings (SSSR count). The molecule has 6 aromatic rings. The number of fused-ring (bicyclic) bond motifs is 6. The average Bonchev–Trinajstić information content (AvgIpc) is 3.07. The molecule has 0 aromatic heterocycles. The predicted octanol–water partition coefficient (Wildman–Crippen LogP) is 10.9. The molecule has 0 N–H and O–H groups in total. The number of para-hydroxylation sites is 6. The largest absolute Gasteiger partial charge is 0.519 e. The number of benzene rings is 6. The van der Waals surface area contributed by atoms with Crippen LogP contribution in [0.5, 0.6) is 0 Å². The lowest BCUT2D eigenvalue weighted by atomic mass is 9.78. The van der Waals surface area contributed by atoms with Crippen molar-refractivity contribution >= 4 is 76.5 Å². The van der Waals surface area contributed by atoms with Crippen LogP contribution in [-0.4, -0.2) is 7.12 Å². The van der Waals surface area contributed by atoms with Crippen LogP contribution in [0.1, 0.15) is 0 Å². The van der Waals surface area contributed by atoms with E-state index < -0.39 is 0 Å². The molecule has 0 atom stereocenters. The van der Waals surface area contributed by atoms with Crippen LogP contribution < -0.4 is 14.4 Å². The van der Waals surface area contributed by atoms with Crippen molar-refractivity contribution in [1.82, 2.24) is 0 Å². The number of hydrogen-bond acceptors (Lipinski definition) is 6. The van der Waals surface area contributed by atoms with E-state index in [1.54, 1.807) is 0 Å². The molecule has 0 radical (unpaired) electrons. The molecule has 0 spiro atoms. The third kappa shape index (κ3) is 4.03. The Kier molecular flexibility index (Phi) is 6.03. The molecule has 0 bridgehead atoms. The molecule has 0 unspecified atom stereocenters. The lowest BCUT2D eigenvalue weighted by Gasteiger charge is -2.49. The minimum absolute atomic E-state index is 0.255. The van der Waals surface area contributed by atoms with E-state index in [9.17, 15) is 0 Å². The molecule has 6 aromatic carbocycles. The van der Waals surface area contributed by atoms with Gasteiger partial charge < -0.3 is 14.4 Å². The summed E-state index contributed by atoms with van der Waals surface area (Å²) >= 11 is 5.56. The fraction of sp³-hybridized carbons (Fsp3) is 0. The highest BCUT2D eigenvalue weighted by Crippen LogP contribution is 2.56. The molecule has 3 heterocycles. The van der Waals surface area contributed by atoms with Crippen molar-refractivity contribution in [3.8, 4) is 0 Å². The fourth-order valence-corrected chi connectivity index (χ4v) is 9.51. The van der Waals surface area contributed by atoms with Crippen LogP contribution >= 0.6 is 35.3 Å². The first-order valence-electron chi connectivity index (χ1n) is 14.3. The molecule has 204 valence electrons. The molecule has 3 aliphatic heterocycles. The first kappa shape index (κ1) is 25.3. The quantitative estimate of drug-likeness (QED) is 0.184. The van der Waals surface area contributed by atoms with Crippen molar-refractivity contribution in [2.45, 2.75) is 29.4 Å². The van der Waals surface area contributed by atoms with Crippen molar-refractivity contribution in [3.05, 3.63) is 146 Å². The molecule has 0 amide bonds. The summed E-state index contributed by atoms with van der Waals surface area (Å²) in [5.74, 6) is 0. The van der Waals surface area contributed by atoms with E-state index in [1.165, 1.54) is 63.5 Å². The Morgan fingerprint density at radius 3 is 0.674 bits per heavy atom. The Morgan fingerprint density at radius 1 is 0.279 bits per heavy atom. The van der Waals surface area contributed by atoms with E-state index >= 15 is 0 Å². The standard InChI is InChI=1S/C36H24BN3S3/c1-7-19-31-25(13-1)38(26-14-2-8-20-32(26)41-31)37(39-27-15-3-9-21-33(27)42-34-22-10-4-16-28(34)39)40-29-17-5-11-23-35(29)43-36-24-12-6-18-30(36)40/h1-24H. The molecule has 7 heteroatoms. The van der Waals surface area contributed by atoms with Gasteiger partial charge in [-0.2, -0.15) is 0 Å². The zero-order valence-corrected chi connectivity index (χ0v) is 25.4. The summed E-state index contributed by atoms with van der Waals surface area (Å²) < 4.78 is 0. The lowest BCUT2D eigenvalue weighted by molar-refractivity contribution is 1.10. The van der Waals surface area contributed by atoms with Gasteiger partial charge in [0.15, 0.2) is 0 Å². The van der Waals surface area contributed by atoms with Crippen LogP contribution in [0.4, 0.5) is 34.1 Å². The van der Waals surface area contributed by atoms with Gasteiger partial charge in [0.1, 0.15) is 0 Å². The third-order valence-electron chi connectivity index (χ3n) is 8.10. The molecule has 0 saturated heterocycles. The molecule has 3 nitrogen and oxygen atoms in total. The van der Waals surface area contributed by atoms with Crippen molar-refractivity contribution in [2.75, 3.05) is 14.4 Å². The number of hydrogen-bond donors (Lipinski definition) is 0. The van der Waals surface area contributed by atoms with Crippen molar-refractivity contribution in [1.29, 1.82) is 0 Å². The van der Waals surface area contributed by atoms with Crippen LogP contribution in [0.15, 0.2) is 175 Å². The Bertz CT molecular complexity index is 1660. The summed E-state index contributed by atoms with van der Waals surface area (Å²) in [6, 6.07) is 53.1. The van der Waals surface area contributed by atoms with Crippen LogP contribution in [0, 0.1) is 0 Å². The lowest BCUT2D eigenvalue weighted by Crippen LogP contribution is -2.61. The van der Waals surface area contributed by atoms with Gasteiger partial charge in [0.05, 0.1) is 0 Å². The van der Waals surface area contributed by atoms with E-state index in [2.05, 4.69) is 160 Å². The maximum atomic E-state index is 2.56. The van der Waals surface area contributed by atoms with E-state index in [-0.39, 0.29) is 7.12 Å². The Morgan fingerprint density at radius 2 is 0.465 bits per heavy atom. The molecular formula is C36H24BN3S3. The third-order valence-corrected chi connectivity index (χ3v) is 11.5. The van der Waals surface area contributed by atoms with Crippen LogP contribution in [0.25, 0.3) is 0 Å². The van der Waals surface area contributed by atoms with E-state index in [4.69, 9.17) is 0 Å². The highest BCUT2D eigenvalue weighted by Gasteiger charge is 2.48. The maximum absolute atomic E-state index is 2.56. The summed E-state index contributed by atoms with van der Waals surface area (Å²) in [7, 11) is -0.255. The summed E-state index contributed by atoms with van der Waals surface area (Å²) in [5, 5.41) is 0. The summed E-state index contributed by atoms with van der Waals surface area (Å²) in [6.07, 6.45) is 0. The van der Waals surface area contributed by atoms with Gasteiger partial charge in [-0.3, -0.25) is 0 Å². The van der Waals surface area contributed by atoms with E-state index in [0.29, 0.717) is 0 Å². The predicted molar refractivity (Wildman–Crippen MR) is 183 cm³/mol. The smallest absolute Gasteiger partial charge is 0.343 e. The van der Waals surface area contributed by atoms with Crippen LogP contribution in [-0.2, 0) is 0 Å². The van der Waals surface area contributed by atoms with Crippen molar-refractivity contribution in [2.24, 2.45) is 0 Å². The highest BCUT2D eigenvalue weighted by atomic mass is 32.2. The summed E-state index contributed by atoms with van der Waals surface area (Å²) in [6.45, 7) is 0. The molecular weight excluding hydrogens is 581 g/mol. The van der Waals surface area contributed by atoms with Crippen molar-refractivity contribution < 1.29 is 0 Å². The summed E-state index contributed by atoms with van der Waals surface area (Å²) in [5.41, 5.74) is 7.24. The van der Waals surface area contributed by atoms with Crippen LogP contribution in [0.2, 0.25) is 0 Å². The average molecular weight is 606 g/mol. The van der Waals surface area contributed by atoms with Gasteiger partial charge in [-0.05, 0) is 72.8 Å². The topological polar surface area (TPSA) is 9.72 Å². The Labute approximate surface area is 264 Å². The second-order valence-corrected chi connectivity index (χ2v) is 13.8. The molecule has 43 heavy (non-hydrogen) atoms. The van der Waals surface area contributed by atoms with Gasteiger partial charge >= 0.3 is 7.12 Å². The fourth-order valence-electron chi connectivity index (χ4n) is 6.29. The monoisotopic (exact) mass is 605 g/mol. The minimum Gasteiger partial charge on any atom is -0.343 e. The van der Waals surface area contributed by atoms with E-state index in [1.807, 2.05) is 35.3 Å². The Hall–Kier alpha value is -4.17. The van der Waals surface area contributed by atoms with Crippen LogP contribution in [0.3, 0.4) is 0 Å². The number of nitrogens with zero attached hydrogens (tertiary/aromatic N) is 3. The molecule has 0 saturated carbocycles. The van der Waals surface area contributed by atoms with Gasteiger partial charge in [-0.25, -0.2) is 0 Å². The van der Waals surface area contributed by atoms with Crippen molar-refractivity contribution in [3.63, 3.8) is 0 Å². The molecule has 0 fully saturated rings. The number of rotatable bonds is 3. The normalized spacial score (nSPS) is 14.1. The van der Waals surface area contributed by atoms with Gasteiger partial charge in [-0.15, -0.1) is 0 Å². The Balaban J connectivity index is 1.40. The molecule has 3 aliphatic rings. The molecule has 0 aliphatic carbocycles. The SMILES string of the molecule is c1ccc2c(c1)Sc1ccccc1N2B(N1c2ccccc2Sc2ccccc21)N1c2ccccc2Sc2ccccc21. The van der Waals surface area contributed by atoms with Gasteiger partial charge in [-0.1, -0.05) is 108 Å². The maximum Gasteiger partial charge on any atom is 0.519 e. The van der Waals surface area contributed by atoms with Gasteiger partial charge in [0.25, 0.3) is 0 Å². The zero-order valence-electron chi connectivity index (χ0n) is 23.0. The highest BCUT2D eigenvalue weighted by molar-refractivity contribution is 8.00. The van der Waals surface area contributed by atoms with Gasteiger partial charge in [0, 0.05) is 63.5 Å². The van der Waals surface area contributed by atoms with E-state index in [0.717, 1.165) is 0 Å². The first-order valence-corrected chi connectivity index (χ1v) is 16.8. The number of anilines is 6. The second kappa shape index (κ2) is 10.2. The first-order chi connectivity index (χ1) is 21.3. The van der Waals surface area contributed by atoms with Gasteiger partial charge in [0.2, 0.25) is 0 Å². The second-order valence-electron chi connectivity index (χ2n) is 10.6.